The number of nitriles is 1. The number of nitrogens with zero attached hydrogens (tertiary/aromatic N) is 1. The zero-order chi connectivity index (χ0) is 15.2. The summed E-state index contributed by atoms with van der Waals surface area (Å²) >= 11 is 3.48. The Morgan fingerprint density at radius 2 is 1.80 bits per heavy atom. The highest BCUT2D eigenvalue weighted by Crippen LogP contribution is 2.26. The number of hydrogen-bond donors (Lipinski definition) is 0. The standard InChI is InChI=1S/C17H24BrNO/c1-13-9-15(11-18)10-14(2)16(13)20-8-6-5-7-17(3,4)12-19/h9-10H,5-8,11H2,1-4H3. The van der Waals surface area contributed by atoms with Crippen molar-refractivity contribution in [1.29, 1.82) is 5.26 Å². The maximum absolute atomic E-state index is 8.97. The number of benzene rings is 1. The summed E-state index contributed by atoms with van der Waals surface area (Å²) in [4.78, 5) is 0. The van der Waals surface area contributed by atoms with Crippen LogP contribution < -0.4 is 4.74 Å². The molecule has 0 aliphatic heterocycles. The summed E-state index contributed by atoms with van der Waals surface area (Å²) in [7, 11) is 0. The first-order valence-electron chi connectivity index (χ1n) is 7.10. The van der Waals surface area contributed by atoms with Crippen LogP contribution in [0.25, 0.3) is 0 Å². The Bertz CT molecular complexity index is 465. The first-order chi connectivity index (χ1) is 9.39. The van der Waals surface area contributed by atoms with Gasteiger partial charge in [0.25, 0.3) is 0 Å². The third kappa shape index (κ3) is 5.17. The molecule has 0 spiro atoms. The molecule has 0 amide bonds. The minimum absolute atomic E-state index is 0.219. The van der Waals surface area contributed by atoms with E-state index in [0.29, 0.717) is 0 Å². The number of unbranched alkanes of at least 4 members (excludes halogenated alkanes) is 1. The number of halogens is 1. The van der Waals surface area contributed by atoms with E-state index < -0.39 is 0 Å². The SMILES string of the molecule is Cc1cc(CBr)cc(C)c1OCCCCC(C)(C)C#N. The van der Waals surface area contributed by atoms with Crippen molar-refractivity contribution in [2.75, 3.05) is 6.61 Å². The molecular weight excluding hydrogens is 314 g/mol. The fourth-order valence-corrected chi connectivity index (χ4v) is 2.57. The van der Waals surface area contributed by atoms with Crippen molar-refractivity contribution in [3.8, 4) is 11.8 Å². The molecule has 0 N–H and O–H groups in total. The molecule has 0 fully saturated rings. The third-order valence-corrected chi connectivity index (χ3v) is 4.07. The van der Waals surface area contributed by atoms with Gasteiger partial charge in [0.15, 0.2) is 0 Å². The van der Waals surface area contributed by atoms with Crippen LogP contribution in [0, 0.1) is 30.6 Å². The first-order valence-corrected chi connectivity index (χ1v) is 8.22. The maximum atomic E-state index is 8.97. The summed E-state index contributed by atoms with van der Waals surface area (Å²) < 4.78 is 5.92. The molecule has 3 heteroatoms. The van der Waals surface area contributed by atoms with Crippen molar-refractivity contribution in [1.82, 2.24) is 0 Å². The van der Waals surface area contributed by atoms with Crippen LogP contribution in [0.4, 0.5) is 0 Å². The van der Waals surface area contributed by atoms with Crippen molar-refractivity contribution < 1.29 is 4.74 Å². The second-order valence-electron chi connectivity index (χ2n) is 5.99. The summed E-state index contributed by atoms with van der Waals surface area (Å²) in [6.07, 6.45) is 2.94. The molecule has 2 nitrogen and oxygen atoms in total. The number of ether oxygens (including phenoxy) is 1. The zero-order valence-electron chi connectivity index (χ0n) is 12.9. The van der Waals surface area contributed by atoms with Crippen LogP contribution in [0.3, 0.4) is 0 Å². The van der Waals surface area contributed by atoms with E-state index in [2.05, 4.69) is 48.0 Å². The molecule has 110 valence electrons. The summed E-state index contributed by atoms with van der Waals surface area (Å²) in [6.45, 7) is 8.87. The normalized spacial score (nSPS) is 11.2. The van der Waals surface area contributed by atoms with Crippen molar-refractivity contribution in [3.63, 3.8) is 0 Å². The van der Waals surface area contributed by atoms with E-state index in [-0.39, 0.29) is 5.41 Å². The van der Waals surface area contributed by atoms with Gasteiger partial charge in [-0.3, -0.25) is 0 Å². The van der Waals surface area contributed by atoms with Crippen molar-refractivity contribution in [2.45, 2.75) is 52.3 Å². The molecule has 1 rings (SSSR count). The highest BCUT2D eigenvalue weighted by molar-refractivity contribution is 9.08. The molecule has 0 heterocycles. The Morgan fingerprint density at radius 3 is 2.30 bits per heavy atom. The van der Waals surface area contributed by atoms with E-state index in [0.717, 1.165) is 36.9 Å². The minimum Gasteiger partial charge on any atom is -0.493 e. The number of aryl methyl sites for hydroxylation is 2. The summed E-state index contributed by atoms with van der Waals surface area (Å²) in [5.74, 6) is 1.01. The molecule has 0 aliphatic rings. The van der Waals surface area contributed by atoms with Gasteiger partial charge in [0.05, 0.1) is 18.1 Å². The van der Waals surface area contributed by atoms with Gasteiger partial charge in [0, 0.05) is 5.33 Å². The van der Waals surface area contributed by atoms with E-state index in [1.165, 1.54) is 16.7 Å². The Labute approximate surface area is 131 Å². The molecule has 0 aromatic heterocycles. The minimum atomic E-state index is -0.219. The maximum Gasteiger partial charge on any atom is 0.125 e. The predicted molar refractivity (Wildman–Crippen MR) is 87.3 cm³/mol. The van der Waals surface area contributed by atoms with Crippen LogP contribution in [-0.4, -0.2) is 6.61 Å². The highest BCUT2D eigenvalue weighted by atomic mass is 79.9. The largest absolute Gasteiger partial charge is 0.493 e. The summed E-state index contributed by atoms with van der Waals surface area (Å²) in [6, 6.07) is 6.66. The van der Waals surface area contributed by atoms with Crippen LogP contribution in [0.1, 0.15) is 49.8 Å². The van der Waals surface area contributed by atoms with Crippen LogP contribution in [0.5, 0.6) is 5.75 Å². The van der Waals surface area contributed by atoms with Gasteiger partial charge in [0.1, 0.15) is 5.75 Å². The average Bonchev–Trinajstić information content (AvgIpc) is 2.40. The molecule has 20 heavy (non-hydrogen) atoms. The Balaban J connectivity index is 2.45. The smallest absolute Gasteiger partial charge is 0.125 e. The highest BCUT2D eigenvalue weighted by Gasteiger charge is 2.15. The van der Waals surface area contributed by atoms with Gasteiger partial charge in [-0.1, -0.05) is 28.1 Å². The van der Waals surface area contributed by atoms with Gasteiger partial charge in [-0.15, -0.1) is 0 Å². The molecule has 0 saturated carbocycles. The van der Waals surface area contributed by atoms with Crippen molar-refractivity contribution in [2.24, 2.45) is 5.41 Å². The number of hydrogen-bond acceptors (Lipinski definition) is 2. The molecule has 0 saturated heterocycles. The molecule has 0 bridgehead atoms. The Morgan fingerprint density at radius 1 is 1.20 bits per heavy atom. The summed E-state index contributed by atoms with van der Waals surface area (Å²) in [5.41, 5.74) is 3.44. The van der Waals surface area contributed by atoms with Gasteiger partial charge < -0.3 is 4.74 Å². The Hall–Kier alpha value is -1.01. The topological polar surface area (TPSA) is 33.0 Å². The van der Waals surface area contributed by atoms with Crippen LogP contribution >= 0.6 is 15.9 Å². The van der Waals surface area contributed by atoms with Gasteiger partial charge in [-0.25, -0.2) is 0 Å². The van der Waals surface area contributed by atoms with E-state index in [1.807, 2.05) is 13.8 Å². The monoisotopic (exact) mass is 337 g/mol. The van der Waals surface area contributed by atoms with E-state index in [9.17, 15) is 0 Å². The van der Waals surface area contributed by atoms with E-state index in [1.54, 1.807) is 0 Å². The number of alkyl halides is 1. The lowest BCUT2D eigenvalue weighted by Crippen LogP contribution is -2.08. The lowest BCUT2D eigenvalue weighted by atomic mass is 9.89. The number of rotatable bonds is 7. The molecule has 0 aliphatic carbocycles. The average molecular weight is 338 g/mol. The van der Waals surface area contributed by atoms with Gasteiger partial charge in [-0.05, 0) is 63.6 Å². The lowest BCUT2D eigenvalue weighted by Gasteiger charge is -2.16. The summed E-state index contributed by atoms with van der Waals surface area (Å²) in [5, 5.41) is 9.84. The first kappa shape index (κ1) is 17.0. The molecule has 0 radical (unpaired) electrons. The molecule has 0 unspecified atom stereocenters. The van der Waals surface area contributed by atoms with Crippen molar-refractivity contribution in [3.05, 3.63) is 28.8 Å². The van der Waals surface area contributed by atoms with E-state index in [4.69, 9.17) is 10.00 Å². The molecule has 1 aromatic rings. The predicted octanol–water partition coefficient (Wildman–Crippen LogP) is 5.30. The fourth-order valence-electron chi connectivity index (χ4n) is 2.24. The van der Waals surface area contributed by atoms with Crippen molar-refractivity contribution >= 4 is 15.9 Å². The van der Waals surface area contributed by atoms with Gasteiger partial charge >= 0.3 is 0 Å². The zero-order valence-corrected chi connectivity index (χ0v) is 14.5. The quantitative estimate of drug-likeness (QED) is 0.499. The molecular formula is C17H24BrNO. The van der Waals surface area contributed by atoms with Gasteiger partial charge in [-0.2, -0.15) is 5.26 Å². The van der Waals surface area contributed by atoms with Crippen LogP contribution in [0.15, 0.2) is 12.1 Å². The van der Waals surface area contributed by atoms with Crippen LogP contribution in [0.2, 0.25) is 0 Å². The Kier molecular flexibility index (Phi) is 6.55. The molecule has 0 atom stereocenters. The second kappa shape index (κ2) is 7.69. The third-order valence-electron chi connectivity index (χ3n) is 3.42. The van der Waals surface area contributed by atoms with Gasteiger partial charge in [0.2, 0.25) is 0 Å². The molecule has 1 aromatic carbocycles. The second-order valence-corrected chi connectivity index (χ2v) is 6.55. The fraction of sp³-hybridized carbons (Fsp3) is 0.588. The van der Waals surface area contributed by atoms with E-state index >= 15 is 0 Å². The lowest BCUT2D eigenvalue weighted by molar-refractivity contribution is 0.291. The van der Waals surface area contributed by atoms with Crippen LogP contribution in [-0.2, 0) is 5.33 Å².